The van der Waals surface area contributed by atoms with Gasteiger partial charge in [-0.15, -0.1) is 0 Å². The van der Waals surface area contributed by atoms with Gasteiger partial charge in [0.1, 0.15) is 5.76 Å². The number of nitrogens with one attached hydrogen (secondary N) is 1. The van der Waals surface area contributed by atoms with Crippen LogP contribution in [0, 0.1) is 0 Å². The van der Waals surface area contributed by atoms with Gasteiger partial charge in [-0.05, 0) is 42.2 Å². The van der Waals surface area contributed by atoms with Gasteiger partial charge >= 0.3 is 0 Å². The summed E-state index contributed by atoms with van der Waals surface area (Å²) >= 11 is 0. The number of fused-ring (bicyclic) bond motifs is 1. The van der Waals surface area contributed by atoms with Crippen molar-refractivity contribution in [2.24, 2.45) is 0 Å². The Kier molecular flexibility index (Phi) is 4.84. The van der Waals surface area contributed by atoms with Crippen molar-refractivity contribution in [3.63, 3.8) is 0 Å². The molecule has 2 heterocycles. The summed E-state index contributed by atoms with van der Waals surface area (Å²) in [5, 5.41) is 3.38. The van der Waals surface area contributed by atoms with E-state index in [0.29, 0.717) is 0 Å². The summed E-state index contributed by atoms with van der Waals surface area (Å²) in [5.74, 6) is 0.896. The highest BCUT2D eigenvalue weighted by atomic mass is 16.3. The minimum absolute atomic E-state index is 0.0876. The number of benzene rings is 2. The largest absolute Gasteiger partial charge is 0.467 e. The van der Waals surface area contributed by atoms with Crippen LogP contribution >= 0.6 is 0 Å². The number of rotatable bonds is 5. The zero-order valence-electron chi connectivity index (χ0n) is 14.6. The third-order valence-corrected chi connectivity index (χ3v) is 4.83. The lowest BCUT2D eigenvalue weighted by Crippen LogP contribution is -2.42. The molecule has 1 atom stereocenters. The second-order valence-electron chi connectivity index (χ2n) is 6.52. The number of carbonyl (C=O) groups excluding carboxylic acids is 1. The second kappa shape index (κ2) is 7.58. The van der Waals surface area contributed by atoms with Gasteiger partial charge in [0.15, 0.2) is 0 Å². The predicted molar refractivity (Wildman–Crippen MR) is 102 cm³/mol. The molecule has 0 aliphatic carbocycles. The molecule has 0 bridgehead atoms. The van der Waals surface area contributed by atoms with Crippen LogP contribution in [0.3, 0.4) is 0 Å². The van der Waals surface area contributed by atoms with E-state index in [-0.39, 0.29) is 18.5 Å². The van der Waals surface area contributed by atoms with Gasteiger partial charge < -0.3 is 9.32 Å². The molecule has 1 aliphatic rings. The standard InChI is InChI=1S/C22H22N2O2/c25-21(24-14-6-11-17-8-4-5-12-19(17)24)16-23-22(20-13-7-15-26-20)18-9-2-1-3-10-18/h1-5,7-10,12-13,15,22-23H,6,11,14,16H2/t22-/m1/s1. The smallest absolute Gasteiger partial charge is 0.240 e. The molecule has 1 aliphatic heterocycles. The van der Waals surface area contributed by atoms with Crippen LogP contribution in [-0.2, 0) is 11.2 Å². The lowest BCUT2D eigenvalue weighted by atomic mass is 10.0. The Morgan fingerprint density at radius 2 is 1.85 bits per heavy atom. The third kappa shape index (κ3) is 3.41. The first-order valence-electron chi connectivity index (χ1n) is 9.03. The first kappa shape index (κ1) is 16.6. The number of para-hydroxylation sites is 1. The molecule has 0 saturated carbocycles. The summed E-state index contributed by atoms with van der Waals surface area (Å²) in [6.07, 6.45) is 3.70. The molecule has 0 spiro atoms. The Labute approximate surface area is 153 Å². The van der Waals surface area contributed by atoms with E-state index in [9.17, 15) is 4.79 Å². The van der Waals surface area contributed by atoms with E-state index >= 15 is 0 Å². The quantitative estimate of drug-likeness (QED) is 0.761. The molecule has 1 amide bonds. The van der Waals surface area contributed by atoms with Crippen LogP contribution in [0.4, 0.5) is 5.69 Å². The molecular weight excluding hydrogens is 324 g/mol. The maximum Gasteiger partial charge on any atom is 0.240 e. The van der Waals surface area contributed by atoms with E-state index in [2.05, 4.69) is 11.4 Å². The number of furan rings is 1. The number of hydrogen-bond donors (Lipinski definition) is 1. The zero-order chi connectivity index (χ0) is 17.8. The Morgan fingerprint density at radius 1 is 1.04 bits per heavy atom. The molecule has 1 aromatic heterocycles. The first-order valence-corrected chi connectivity index (χ1v) is 9.03. The molecule has 0 unspecified atom stereocenters. The zero-order valence-corrected chi connectivity index (χ0v) is 14.6. The van der Waals surface area contributed by atoms with Crippen LogP contribution in [0.25, 0.3) is 0 Å². The van der Waals surface area contributed by atoms with E-state index in [1.54, 1.807) is 6.26 Å². The molecule has 2 aromatic carbocycles. The summed E-state index contributed by atoms with van der Waals surface area (Å²) in [7, 11) is 0. The molecule has 4 rings (SSSR count). The minimum atomic E-state index is -0.143. The van der Waals surface area contributed by atoms with Crippen molar-refractivity contribution in [1.29, 1.82) is 0 Å². The summed E-state index contributed by atoms with van der Waals surface area (Å²) in [6, 6.07) is 21.9. The first-order chi connectivity index (χ1) is 12.8. The summed E-state index contributed by atoms with van der Waals surface area (Å²) in [4.78, 5) is 14.8. The van der Waals surface area contributed by atoms with Gasteiger partial charge in [-0.2, -0.15) is 0 Å². The number of aryl methyl sites for hydroxylation is 1. The normalized spacial score (nSPS) is 14.7. The maximum atomic E-state index is 12.9. The molecule has 4 heteroatoms. The molecule has 0 fully saturated rings. The summed E-state index contributed by atoms with van der Waals surface area (Å²) in [6.45, 7) is 1.03. The third-order valence-electron chi connectivity index (χ3n) is 4.83. The Bertz CT molecular complexity index is 859. The van der Waals surface area contributed by atoms with E-state index in [1.807, 2.05) is 65.6 Å². The SMILES string of the molecule is O=C(CN[C@H](c1ccccc1)c1ccco1)N1CCCc2ccccc21. The molecule has 1 N–H and O–H groups in total. The number of anilines is 1. The predicted octanol–water partition coefficient (Wildman–Crippen LogP) is 3.94. The molecule has 26 heavy (non-hydrogen) atoms. The highest BCUT2D eigenvalue weighted by Gasteiger charge is 2.24. The average Bonchev–Trinajstić information content (AvgIpc) is 3.23. The average molecular weight is 346 g/mol. The van der Waals surface area contributed by atoms with Crippen LogP contribution in [0.15, 0.2) is 77.4 Å². The van der Waals surface area contributed by atoms with Crippen molar-refractivity contribution >= 4 is 11.6 Å². The van der Waals surface area contributed by atoms with Crippen molar-refractivity contribution in [3.05, 3.63) is 89.9 Å². The second-order valence-corrected chi connectivity index (χ2v) is 6.52. The topological polar surface area (TPSA) is 45.5 Å². The van der Waals surface area contributed by atoms with Gasteiger partial charge in [0.05, 0.1) is 18.8 Å². The number of amides is 1. The Morgan fingerprint density at radius 3 is 2.65 bits per heavy atom. The number of hydrogen-bond acceptors (Lipinski definition) is 3. The number of carbonyl (C=O) groups is 1. The van der Waals surface area contributed by atoms with Crippen LogP contribution < -0.4 is 10.2 Å². The molecule has 0 saturated heterocycles. The summed E-state index contributed by atoms with van der Waals surface area (Å²) < 4.78 is 5.60. The fraction of sp³-hybridized carbons (Fsp3) is 0.227. The molecule has 3 aromatic rings. The van der Waals surface area contributed by atoms with Crippen LogP contribution in [0.1, 0.15) is 29.3 Å². The fourth-order valence-corrected chi connectivity index (χ4v) is 3.56. The van der Waals surface area contributed by atoms with Gasteiger partial charge in [0.25, 0.3) is 0 Å². The summed E-state index contributed by atoms with van der Waals surface area (Å²) in [5.41, 5.74) is 3.37. The molecular formula is C22H22N2O2. The van der Waals surface area contributed by atoms with Crippen molar-refractivity contribution < 1.29 is 9.21 Å². The van der Waals surface area contributed by atoms with Crippen LogP contribution in [0.2, 0.25) is 0 Å². The van der Waals surface area contributed by atoms with Crippen LogP contribution in [-0.4, -0.2) is 19.0 Å². The highest BCUT2D eigenvalue weighted by molar-refractivity contribution is 5.96. The molecule has 4 nitrogen and oxygen atoms in total. The minimum Gasteiger partial charge on any atom is -0.467 e. The Balaban J connectivity index is 1.51. The van der Waals surface area contributed by atoms with Crippen molar-refractivity contribution in [2.75, 3.05) is 18.0 Å². The van der Waals surface area contributed by atoms with E-state index in [4.69, 9.17) is 4.42 Å². The van der Waals surface area contributed by atoms with E-state index in [0.717, 1.165) is 36.4 Å². The Hall–Kier alpha value is -2.85. The van der Waals surface area contributed by atoms with Crippen LogP contribution in [0.5, 0.6) is 0 Å². The van der Waals surface area contributed by atoms with Gasteiger partial charge in [-0.3, -0.25) is 10.1 Å². The monoisotopic (exact) mass is 346 g/mol. The highest BCUT2D eigenvalue weighted by Crippen LogP contribution is 2.27. The van der Waals surface area contributed by atoms with E-state index < -0.39 is 0 Å². The van der Waals surface area contributed by atoms with Gasteiger partial charge in [0.2, 0.25) is 5.91 Å². The lowest BCUT2D eigenvalue weighted by molar-refractivity contribution is -0.118. The van der Waals surface area contributed by atoms with Crippen molar-refractivity contribution in [1.82, 2.24) is 5.32 Å². The van der Waals surface area contributed by atoms with E-state index in [1.165, 1.54) is 5.56 Å². The van der Waals surface area contributed by atoms with Crippen molar-refractivity contribution in [2.45, 2.75) is 18.9 Å². The van der Waals surface area contributed by atoms with Gasteiger partial charge in [-0.25, -0.2) is 0 Å². The lowest BCUT2D eigenvalue weighted by Gasteiger charge is -2.30. The number of nitrogens with zero attached hydrogens (tertiary/aromatic N) is 1. The molecule has 132 valence electrons. The van der Waals surface area contributed by atoms with Gasteiger partial charge in [0, 0.05) is 12.2 Å². The van der Waals surface area contributed by atoms with Crippen molar-refractivity contribution in [3.8, 4) is 0 Å². The maximum absolute atomic E-state index is 12.9. The fourth-order valence-electron chi connectivity index (χ4n) is 3.56. The van der Waals surface area contributed by atoms with Gasteiger partial charge in [-0.1, -0.05) is 48.5 Å². The molecule has 0 radical (unpaired) electrons.